The van der Waals surface area contributed by atoms with Gasteiger partial charge >= 0.3 is 0 Å². The van der Waals surface area contributed by atoms with Crippen LogP contribution in [0.2, 0.25) is 0 Å². The van der Waals surface area contributed by atoms with Gasteiger partial charge in [-0.05, 0) is 59.9 Å². The molecule has 0 aliphatic heterocycles. The highest BCUT2D eigenvalue weighted by Gasteiger charge is 2.14. The number of anilines is 1. The molecule has 4 aromatic rings. The molecule has 0 atom stereocenters. The van der Waals surface area contributed by atoms with Gasteiger partial charge in [-0.1, -0.05) is 61.2 Å². The van der Waals surface area contributed by atoms with E-state index in [0.29, 0.717) is 12.1 Å². The summed E-state index contributed by atoms with van der Waals surface area (Å²) >= 11 is 0. The molecule has 0 radical (unpaired) electrons. The molecule has 1 N–H and O–H groups in total. The number of benzene rings is 2. The van der Waals surface area contributed by atoms with Gasteiger partial charge in [0.2, 0.25) is 0 Å². The zero-order valence-corrected chi connectivity index (χ0v) is 18.7. The zero-order valence-electron chi connectivity index (χ0n) is 18.7. The van der Waals surface area contributed by atoms with Crippen LogP contribution >= 0.6 is 0 Å². The molecule has 0 amide bonds. The van der Waals surface area contributed by atoms with Crippen molar-refractivity contribution >= 4 is 18.0 Å². The van der Waals surface area contributed by atoms with Crippen LogP contribution in [0.25, 0.3) is 34.5 Å². The Morgan fingerprint density at radius 3 is 2.42 bits per heavy atom. The van der Waals surface area contributed by atoms with E-state index in [9.17, 15) is 0 Å². The maximum absolute atomic E-state index is 15.2. The maximum atomic E-state index is 15.2. The Balaban J connectivity index is 1.52. The van der Waals surface area contributed by atoms with Crippen molar-refractivity contribution in [3.63, 3.8) is 0 Å². The minimum absolute atomic E-state index is 0.173. The van der Waals surface area contributed by atoms with E-state index in [1.807, 2.05) is 74.7 Å². The fourth-order valence-electron chi connectivity index (χ4n) is 3.65. The Morgan fingerprint density at radius 1 is 0.909 bits per heavy atom. The van der Waals surface area contributed by atoms with Crippen LogP contribution in [0.5, 0.6) is 0 Å². The molecule has 5 heteroatoms. The summed E-state index contributed by atoms with van der Waals surface area (Å²) in [6, 6.07) is 17.9. The fourth-order valence-corrected chi connectivity index (χ4v) is 3.65. The number of hydrogen-bond acceptors (Lipinski definition) is 4. The summed E-state index contributed by atoms with van der Waals surface area (Å²) in [5, 5.41) is 3.10. The van der Waals surface area contributed by atoms with Crippen LogP contribution in [-0.4, -0.2) is 15.0 Å². The van der Waals surface area contributed by atoms with E-state index >= 15 is 4.39 Å². The predicted octanol–water partition coefficient (Wildman–Crippen LogP) is 6.94. The number of allylic oxidation sites excluding steroid dienone is 1. The second kappa shape index (κ2) is 10.0. The van der Waals surface area contributed by atoms with E-state index in [0.717, 1.165) is 33.5 Å². The molecule has 33 heavy (non-hydrogen) atoms. The summed E-state index contributed by atoms with van der Waals surface area (Å²) in [5.74, 6) is -0.304. The first-order valence-electron chi connectivity index (χ1n) is 10.7. The van der Waals surface area contributed by atoms with Gasteiger partial charge in [-0.3, -0.25) is 4.98 Å². The first kappa shape index (κ1) is 22.1. The molecule has 0 spiro atoms. The molecule has 0 aliphatic carbocycles. The quantitative estimate of drug-likeness (QED) is 0.341. The summed E-state index contributed by atoms with van der Waals surface area (Å²) < 4.78 is 15.2. The van der Waals surface area contributed by atoms with Gasteiger partial charge in [-0.2, -0.15) is 0 Å². The van der Waals surface area contributed by atoms with Gasteiger partial charge in [-0.15, -0.1) is 0 Å². The van der Waals surface area contributed by atoms with Crippen molar-refractivity contribution in [1.82, 2.24) is 15.0 Å². The molecular weight excluding hydrogens is 411 g/mol. The molecule has 0 fully saturated rings. The van der Waals surface area contributed by atoms with E-state index in [1.54, 1.807) is 6.08 Å². The highest BCUT2D eigenvalue weighted by molar-refractivity contribution is 5.73. The second-order valence-electron chi connectivity index (χ2n) is 7.67. The van der Waals surface area contributed by atoms with E-state index in [1.165, 1.54) is 6.33 Å². The number of halogens is 1. The van der Waals surface area contributed by atoms with Gasteiger partial charge in [0.1, 0.15) is 12.0 Å². The van der Waals surface area contributed by atoms with Crippen molar-refractivity contribution in [2.24, 2.45) is 0 Å². The van der Waals surface area contributed by atoms with Crippen LogP contribution < -0.4 is 5.32 Å². The van der Waals surface area contributed by atoms with E-state index < -0.39 is 5.82 Å². The summed E-state index contributed by atoms with van der Waals surface area (Å²) in [6.45, 7) is 8.24. The van der Waals surface area contributed by atoms with Crippen molar-refractivity contribution in [3.8, 4) is 22.4 Å². The number of aromatic nitrogens is 3. The lowest BCUT2D eigenvalue weighted by Gasteiger charge is -2.11. The molecule has 0 saturated heterocycles. The van der Waals surface area contributed by atoms with Crippen LogP contribution in [-0.2, 0) is 6.54 Å². The number of rotatable bonds is 7. The smallest absolute Gasteiger partial charge is 0.191 e. The zero-order chi connectivity index (χ0) is 23.2. The molecule has 164 valence electrons. The van der Waals surface area contributed by atoms with Crippen LogP contribution in [0.15, 0.2) is 79.8 Å². The second-order valence-corrected chi connectivity index (χ2v) is 7.67. The number of hydrogen-bond donors (Lipinski definition) is 1. The van der Waals surface area contributed by atoms with Crippen molar-refractivity contribution in [2.45, 2.75) is 20.4 Å². The summed E-state index contributed by atoms with van der Waals surface area (Å²) in [4.78, 5) is 12.5. The molecule has 2 aromatic carbocycles. The SMILES string of the molecule is C=Cc1cc(-c2ncnc(NCc3ccc(-c4ccnc(C)c4)cc3)c2F)ccc1/C=C\C. The van der Waals surface area contributed by atoms with Crippen molar-refractivity contribution in [2.75, 3.05) is 5.32 Å². The monoisotopic (exact) mass is 436 g/mol. The average Bonchev–Trinajstić information content (AvgIpc) is 2.84. The summed E-state index contributed by atoms with van der Waals surface area (Å²) in [5.41, 5.74) is 7.10. The van der Waals surface area contributed by atoms with E-state index in [2.05, 4.69) is 39.0 Å². The summed E-state index contributed by atoms with van der Waals surface area (Å²) in [6.07, 6.45) is 8.89. The third kappa shape index (κ3) is 5.04. The standard InChI is InChI=1S/C28H25FN4/c1-4-6-22-11-12-25(16-21(22)5-2)27-26(29)28(33-18-32-27)31-17-20-7-9-23(10-8-20)24-13-14-30-19(3)15-24/h4-16,18H,2,17H2,1,3H3,(H,31,32,33)/b6-4-. The van der Waals surface area contributed by atoms with Gasteiger partial charge < -0.3 is 5.32 Å². The number of nitrogens with one attached hydrogen (secondary N) is 1. The van der Waals surface area contributed by atoms with Crippen molar-refractivity contribution in [1.29, 1.82) is 0 Å². The van der Waals surface area contributed by atoms with Crippen LogP contribution in [0.1, 0.15) is 29.3 Å². The highest BCUT2D eigenvalue weighted by Crippen LogP contribution is 2.27. The minimum atomic E-state index is -0.477. The van der Waals surface area contributed by atoms with Crippen LogP contribution in [0.3, 0.4) is 0 Å². The number of aryl methyl sites for hydroxylation is 1. The Morgan fingerprint density at radius 2 is 1.70 bits per heavy atom. The average molecular weight is 437 g/mol. The van der Waals surface area contributed by atoms with Crippen molar-refractivity contribution < 1.29 is 4.39 Å². The minimum Gasteiger partial charge on any atom is -0.363 e. The normalized spacial score (nSPS) is 11.0. The highest BCUT2D eigenvalue weighted by atomic mass is 19.1. The Hall–Kier alpha value is -4.12. The molecule has 0 saturated carbocycles. The van der Waals surface area contributed by atoms with Gasteiger partial charge in [0.25, 0.3) is 0 Å². The van der Waals surface area contributed by atoms with Crippen LogP contribution in [0.4, 0.5) is 10.2 Å². The maximum Gasteiger partial charge on any atom is 0.191 e. The molecule has 0 unspecified atom stereocenters. The Labute approximate surface area is 193 Å². The lowest BCUT2D eigenvalue weighted by Crippen LogP contribution is -2.06. The summed E-state index contributed by atoms with van der Waals surface area (Å²) in [7, 11) is 0. The molecular formula is C28H25FN4. The molecule has 0 aliphatic rings. The lowest BCUT2D eigenvalue weighted by molar-refractivity contribution is 0.621. The molecule has 2 heterocycles. The first-order chi connectivity index (χ1) is 16.1. The Bertz CT molecular complexity index is 1310. The largest absolute Gasteiger partial charge is 0.363 e. The van der Waals surface area contributed by atoms with Crippen LogP contribution in [0, 0.1) is 12.7 Å². The van der Waals surface area contributed by atoms with E-state index in [-0.39, 0.29) is 11.5 Å². The predicted molar refractivity (Wildman–Crippen MR) is 134 cm³/mol. The van der Waals surface area contributed by atoms with Gasteiger partial charge in [0.05, 0.1) is 0 Å². The molecule has 2 aromatic heterocycles. The fraction of sp³-hybridized carbons (Fsp3) is 0.107. The topological polar surface area (TPSA) is 50.7 Å². The number of pyridine rings is 1. The van der Waals surface area contributed by atoms with Gasteiger partial charge in [0, 0.05) is 24.0 Å². The third-order valence-corrected chi connectivity index (χ3v) is 5.36. The molecule has 4 rings (SSSR count). The third-order valence-electron chi connectivity index (χ3n) is 5.36. The molecule has 4 nitrogen and oxygen atoms in total. The van der Waals surface area contributed by atoms with Gasteiger partial charge in [-0.25, -0.2) is 14.4 Å². The molecule has 0 bridgehead atoms. The first-order valence-corrected chi connectivity index (χ1v) is 10.7. The Kier molecular flexibility index (Phi) is 6.69. The van der Waals surface area contributed by atoms with E-state index in [4.69, 9.17) is 0 Å². The van der Waals surface area contributed by atoms with Gasteiger partial charge in [0.15, 0.2) is 11.6 Å². The lowest BCUT2D eigenvalue weighted by atomic mass is 10.0. The number of nitrogens with zero attached hydrogens (tertiary/aromatic N) is 3. The van der Waals surface area contributed by atoms with Crippen molar-refractivity contribution in [3.05, 3.63) is 108 Å².